The van der Waals surface area contributed by atoms with E-state index in [1.165, 1.54) is 0 Å². The Hall–Kier alpha value is -4.72. The van der Waals surface area contributed by atoms with Crippen molar-refractivity contribution < 1.29 is 37.3 Å². The van der Waals surface area contributed by atoms with Gasteiger partial charge in [0.05, 0.1) is 37.7 Å². The first kappa shape index (κ1) is 27.3. The number of carbonyl (C=O) groups is 2. The molecule has 14 heteroatoms. The van der Waals surface area contributed by atoms with E-state index in [9.17, 15) is 18.0 Å². The van der Waals surface area contributed by atoms with Gasteiger partial charge in [-0.25, -0.2) is 19.3 Å². The van der Waals surface area contributed by atoms with Crippen LogP contribution in [-0.4, -0.2) is 81.1 Å². The van der Waals surface area contributed by atoms with Crippen LogP contribution >= 0.6 is 0 Å². The number of benzene rings is 1. The number of carboxylic acids is 1. The maximum Gasteiger partial charge on any atom is 0.490 e. The minimum atomic E-state index is -5.08. The maximum absolute atomic E-state index is 12.6. The van der Waals surface area contributed by atoms with E-state index >= 15 is 0 Å². The molecule has 0 bridgehead atoms. The van der Waals surface area contributed by atoms with Crippen molar-refractivity contribution in [2.24, 2.45) is 0 Å². The quantitative estimate of drug-likeness (QED) is 0.387. The zero-order valence-electron chi connectivity index (χ0n) is 20.6. The lowest BCUT2D eigenvalue weighted by molar-refractivity contribution is -0.192. The van der Waals surface area contributed by atoms with Gasteiger partial charge in [0, 0.05) is 42.2 Å². The Morgan fingerprint density at radius 2 is 1.69 bits per heavy atom. The molecule has 0 saturated carbocycles. The van der Waals surface area contributed by atoms with Gasteiger partial charge in [-0.3, -0.25) is 4.79 Å². The molecule has 0 spiro atoms. The molecule has 0 radical (unpaired) electrons. The molecular formula is C25H23F3N6O5. The van der Waals surface area contributed by atoms with Crippen molar-refractivity contribution in [3.8, 4) is 17.1 Å². The van der Waals surface area contributed by atoms with Gasteiger partial charge in [-0.2, -0.15) is 13.2 Å². The average molecular weight is 544 g/mol. The highest BCUT2D eigenvalue weighted by molar-refractivity contribution is 5.94. The van der Waals surface area contributed by atoms with E-state index in [0.29, 0.717) is 43.7 Å². The first-order valence-electron chi connectivity index (χ1n) is 11.5. The summed E-state index contributed by atoms with van der Waals surface area (Å²) in [4.78, 5) is 32.0. The molecule has 1 aromatic carbocycles. The Labute approximate surface area is 219 Å². The number of aromatic nitrogens is 4. The summed E-state index contributed by atoms with van der Waals surface area (Å²) in [7, 11) is 1.59. The van der Waals surface area contributed by atoms with Crippen molar-refractivity contribution in [3.63, 3.8) is 0 Å². The maximum atomic E-state index is 12.6. The van der Waals surface area contributed by atoms with Gasteiger partial charge in [-0.15, -0.1) is 5.10 Å². The predicted octanol–water partition coefficient (Wildman–Crippen LogP) is 3.65. The zero-order valence-corrected chi connectivity index (χ0v) is 20.6. The Morgan fingerprint density at radius 1 is 1.00 bits per heavy atom. The number of aliphatic carboxylic acids is 1. The lowest BCUT2D eigenvalue weighted by Crippen LogP contribution is -2.40. The number of alkyl halides is 3. The molecule has 1 amide bonds. The number of carboxylic acid groups (broad SMARTS) is 1. The summed E-state index contributed by atoms with van der Waals surface area (Å²) in [5.41, 5.74) is 4.12. The smallest absolute Gasteiger partial charge is 0.481 e. The van der Waals surface area contributed by atoms with E-state index in [4.69, 9.17) is 19.4 Å². The molecule has 1 aliphatic rings. The normalized spacial score (nSPS) is 13.4. The van der Waals surface area contributed by atoms with Crippen LogP contribution in [0.4, 0.5) is 24.8 Å². The van der Waals surface area contributed by atoms with Crippen molar-refractivity contribution in [2.75, 3.05) is 38.7 Å². The van der Waals surface area contributed by atoms with Gasteiger partial charge in [-0.1, -0.05) is 0 Å². The van der Waals surface area contributed by atoms with Crippen LogP contribution in [0.15, 0.2) is 60.9 Å². The highest BCUT2D eigenvalue weighted by Gasteiger charge is 2.38. The van der Waals surface area contributed by atoms with Crippen LogP contribution < -0.4 is 10.1 Å². The lowest BCUT2D eigenvalue weighted by atomic mass is 10.1. The van der Waals surface area contributed by atoms with E-state index in [-0.39, 0.29) is 5.91 Å². The molecule has 4 heterocycles. The number of nitrogens with one attached hydrogen (secondary N) is 1. The van der Waals surface area contributed by atoms with Crippen molar-refractivity contribution in [3.05, 3.63) is 66.5 Å². The summed E-state index contributed by atoms with van der Waals surface area (Å²) in [5.74, 6) is -1.74. The zero-order chi connectivity index (χ0) is 28.0. The van der Waals surface area contributed by atoms with E-state index in [1.807, 2.05) is 57.9 Å². The molecule has 0 aliphatic carbocycles. The number of halogens is 3. The highest BCUT2D eigenvalue weighted by atomic mass is 19.4. The van der Waals surface area contributed by atoms with E-state index in [1.54, 1.807) is 19.5 Å². The van der Waals surface area contributed by atoms with Crippen molar-refractivity contribution in [2.45, 2.75) is 6.18 Å². The van der Waals surface area contributed by atoms with E-state index < -0.39 is 12.1 Å². The van der Waals surface area contributed by atoms with Crippen LogP contribution in [0.2, 0.25) is 0 Å². The Balaban J connectivity index is 0.000000448. The van der Waals surface area contributed by atoms with Gasteiger partial charge in [-0.05, 0) is 42.5 Å². The van der Waals surface area contributed by atoms with Crippen LogP contribution in [0, 0.1) is 0 Å². The molecule has 204 valence electrons. The van der Waals surface area contributed by atoms with Gasteiger partial charge in [0.25, 0.3) is 5.91 Å². The molecule has 39 heavy (non-hydrogen) atoms. The number of hydrogen-bond acceptors (Lipinski definition) is 8. The van der Waals surface area contributed by atoms with Gasteiger partial charge >= 0.3 is 12.1 Å². The highest BCUT2D eigenvalue weighted by Crippen LogP contribution is 2.23. The SMILES string of the molecule is COc1ccc(-c2ccc3cnc(Nc4ccc(C(=O)N5CCOCC5)cc4)nn23)cn1.O=C(O)C(F)(F)F. The number of hydrogen-bond donors (Lipinski definition) is 2. The number of fused-ring (bicyclic) bond motifs is 1. The summed E-state index contributed by atoms with van der Waals surface area (Å²) in [6.07, 6.45) is -1.58. The number of anilines is 2. The topological polar surface area (TPSA) is 131 Å². The van der Waals surface area contributed by atoms with Crippen molar-refractivity contribution in [1.29, 1.82) is 0 Å². The lowest BCUT2D eigenvalue weighted by Gasteiger charge is -2.26. The minimum absolute atomic E-state index is 0.0163. The molecular weight excluding hydrogens is 521 g/mol. The molecule has 5 rings (SSSR count). The fraction of sp³-hybridized carbons (Fsp3) is 0.240. The number of pyridine rings is 1. The number of rotatable bonds is 5. The second-order valence-corrected chi connectivity index (χ2v) is 8.14. The first-order valence-corrected chi connectivity index (χ1v) is 11.5. The third-order valence-corrected chi connectivity index (χ3v) is 5.57. The third-order valence-electron chi connectivity index (χ3n) is 5.57. The van der Waals surface area contributed by atoms with Crippen LogP contribution in [0.5, 0.6) is 5.88 Å². The standard InChI is InChI=1S/C23H22N6O3.C2HF3O2/c1-31-21-9-4-17(14-24-21)20-8-7-19-15-25-23(27-29(19)20)26-18-5-2-16(3-6-18)22(30)28-10-12-32-13-11-28;3-2(4,5)1(6)7/h2-9,14-15H,10-13H2,1H3,(H,26,27);(H,6,7). The largest absolute Gasteiger partial charge is 0.490 e. The van der Waals surface area contributed by atoms with Gasteiger partial charge in [0.1, 0.15) is 0 Å². The number of ether oxygens (including phenoxy) is 2. The number of amides is 1. The molecule has 4 aromatic rings. The minimum Gasteiger partial charge on any atom is -0.481 e. The molecule has 11 nitrogen and oxygen atoms in total. The molecule has 1 aliphatic heterocycles. The molecule has 1 fully saturated rings. The van der Waals surface area contributed by atoms with Gasteiger partial charge < -0.3 is 24.8 Å². The monoisotopic (exact) mass is 544 g/mol. The molecule has 2 N–H and O–H groups in total. The molecule has 3 aromatic heterocycles. The van der Waals surface area contributed by atoms with Crippen LogP contribution in [0.3, 0.4) is 0 Å². The number of carbonyl (C=O) groups excluding carboxylic acids is 1. The van der Waals surface area contributed by atoms with Gasteiger partial charge in [0.15, 0.2) is 0 Å². The molecule has 1 saturated heterocycles. The van der Waals surface area contributed by atoms with Gasteiger partial charge in [0.2, 0.25) is 11.8 Å². The van der Waals surface area contributed by atoms with Crippen molar-refractivity contribution >= 4 is 29.0 Å². The summed E-state index contributed by atoms with van der Waals surface area (Å²) < 4.78 is 44.0. The summed E-state index contributed by atoms with van der Waals surface area (Å²) in [5, 5.41) is 15.0. The average Bonchev–Trinajstić information content (AvgIpc) is 3.37. The van der Waals surface area contributed by atoms with Crippen LogP contribution in [0.1, 0.15) is 10.4 Å². The Morgan fingerprint density at radius 3 is 2.28 bits per heavy atom. The fourth-order valence-electron chi connectivity index (χ4n) is 3.60. The summed E-state index contributed by atoms with van der Waals surface area (Å²) >= 11 is 0. The third kappa shape index (κ3) is 6.78. The predicted molar refractivity (Wildman–Crippen MR) is 133 cm³/mol. The van der Waals surface area contributed by atoms with Crippen LogP contribution in [-0.2, 0) is 9.53 Å². The van der Waals surface area contributed by atoms with Crippen LogP contribution in [0.25, 0.3) is 16.8 Å². The Kier molecular flexibility index (Phi) is 8.24. The molecule has 0 unspecified atom stereocenters. The summed E-state index contributed by atoms with van der Waals surface area (Å²) in [6, 6.07) is 15.0. The second-order valence-electron chi connectivity index (χ2n) is 8.14. The number of methoxy groups -OCH3 is 1. The number of morpholine rings is 1. The second kappa shape index (κ2) is 11.8. The number of nitrogens with zero attached hydrogens (tertiary/aromatic N) is 5. The van der Waals surface area contributed by atoms with Crippen molar-refractivity contribution in [1.82, 2.24) is 24.5 Å². The fourth-order valence-corrected chi connectivity index (χ4v) is 3.60. The van der Waals surface area contributed by atoms with E-state index in [2.05, 4.69) is 20.4 Å². The Bertz CT molecular complexity index is 1440. The van der Waals surface area contributed by atoms with E-state index in [0.717, 1.165) is 22.5 Å². The summed E-state index contributed by atoms with van der Waals surface area (Å²) in [6.45, 7) is 2.41. The molecule has 0 atom stereocenters. The first-order chi connectivity index (χ1) is 18.7.